The van der Waals surface area contributed by atoms with E-state index in [-0.39, 0.29) is 0 Å². The Kier molecular flexibility index (Phi) is 3.00. The maximum absolute atomic E-state index is 5.44. The summed E-state index contributed by atoms with van der Waals surface area (Å²) in [5.41, 5.74) is 6.43. The van der Waals surface area contributed by atoms with Crippen LogP contribution in [0.25, 0.3) is 0 Å². The summed E-state index contributed by atoms with van der Waals surface area (Å²) in [4.78, 5) is 8.05. The lowest BCUT2D eigenvalue weighted by Crippen LogP contribution is -1.97. The number of nitrogens with two attached hydrogens (primary N) is 1. The Morgan fingerprint density at radius 1 is 1.20 bits per heavy atom. The standard InChI is InChI=1S/C10H9IN4/c11-7-2-1-3-8(4-7)15-10-6-13-9(12)5-14-10/h1-6H,(H2,12,13)(H,14,15). The molecule has 15 heavy (non-hydrogen) atoms. The van der Waals surface area contributed by atoms with Crippen LogP contribution in [0.1, 0.15) is 0 Å². The molecule has 0 fully saturated rings. The Morgan fingerprint density at radius 3 is 2.73 bits per heavy atom. The van der Waals surface area contributed by atoms with E-state index >= 15 is 0 Å². The Morgan fingerprint density at radius 2 is 2.07 bits per heavy atom. The van der Waals surface area contributed by atoms with Gasteiger partial charge in [-0.3, -0.25) is 0 Å². The third-order valence-corrected chi connectivity index (χ3v) is 2.44. The van der Waals surface area contributed by atoms with Crippen LogP contribution in [0, 0.1) is 3.57 Å². The second-order valence-corrected chi connectivity index (χ2v) is 4.21. The van der Waals surface area contributed by atoms with Gasteiger partial charge in [0.15, 0.2) is 0 Å². The molecule has 0 aliphatic heterocycles. The number of hydrogen-bond donors (Lipinski definition) is 2. The third kappa shape index (κ3) is 2.79. The lowest BCUT2D eigenvalue weighted by atomic mass is 10.3. The summed E-state index contributed by atoms with van der Waals surface area (Å²) in [5.74, 6) is 1.11. The number of nitrogen functional groups attached to an aromatic ring is 1. The van der Waals surface area contributed by atoms with Crippen LogP contribution in [0.4, 0.5) is 17.3 Å². The molecule has 0 radical (unpaired) electrons. The molecular formula is C10H9IN4. The van der Waals surface area contributed by atoms with Gasteiger partial charge in [0.1, 0.15) is 11.6 Å². The highest BCUT2D eigenvalue weighted by Gasteiger charge is 1.96. The van der Waals surface area contributed by atoms with Crippen LogP contribution in [0.5, 0.6) is 0 Å². The van der Waals surface area contributed by atoms with Crippen molar-refractivity contribution in [2.24, 2.45) is 0 Å². The molecule has 0 unspecified atom stereocenters. The zero-order valence-corrected chi connectivity index (χ0v) is 9.97. The third-order valence-electron chi connectivity index (χ3n) is 1.77. The van der Waals surface area contributed by atoms with E-state index in [0.29, 0.717) is 11.6 Å². The molecule has 0 aliphatic rings. The maximum atomic E-state index is 5.44. The van der Waals surface area contributed by atoms with Crippen LogP contribution in [0.3, 0.4) is 0 Å². The fourth-order valence-electron chi connectivity index (χ4n) is 1.12. The number of nitrogens with zero attached hydrogens (tertiary/aromatic N) is 2. The van der Waals surface area contributed by atoms with Gasteiger partial charge in [-0.25, -0.2) is 9.97 Å². The molecule has 0 saturated heterocycles. The van der Waals surface area contributed by atoms with Gasteiger partial charge >= 0.3 is 0 Å². The minimum Gasteiger partial charge on any atom is -0.382 e. The molecule has 2 rings (SSSR count). The summed E-state index contributed by atoms with van der Waals surface area (Å²) in [6.07, 6.45) is 3.13. The van der Waals surface area contributed by atoms with Crippen LogP contribution in [0.15, 0.2) is 36.7 Å². The average molecular weight is 312 g/mol. The highest BCUT2D eigenvalue weighted by atomic mass is 127. The van der Waals surface area contributed by atoms with E-state index in [2.05, 4.69) is 37.9 Å². The van der Waals surface area contributed by atoms with Crippen LogP contribution in [-0.2, 0) is 0 Å². The first-order chi connectivity index (χ1) is 7.24. The van der Waals surface area contributed by atoms with Gasteiger partial charge in [-0.2, -0.15) is 0 Å². The van der Waals surface area contributed by atoms with Crippen LogP contribution in [-0.4, -0.2) is 9.97 Å². The van der Waals surface area contributed by atoms with Crippen molar-refractivity contribution in [1.29, 1.82) is 0 Å². The molecule has 1 heterocycles. The quantitative estimate of drug-likeness (QED) is 0.836. The average Bonchev–Trinajstić information content (AvgIpc) is 2.22. The molecule has 0 atom stereocenters. The van der Waals surface area contributed by atoms with Crippen molar-refractivity contribution < 1.29 is 0 Å². The second kappa shape index (κ2) is 4.43. The van der Waals surface area contributed by atoms with E-state index < -0.39 is 0 Å². The van der Waals surface area contributed by atoms with Crippen molar-refractivity contribution in [3.8, 4) is 0 Å². The SMILES string of the molecule is Nc1cnc(Nc2cccc(I)c2)cn1. The van der Waals surface area contributed by atoms with E-state index in [1.165, 1.54) is 9.77 Å². The Balaban J connectivity index is 2.18. The maximum Gasteiger partial charge on any atom is 0.149 e. The number of hydrogen-bond acceptors (Lipinski definition) is 4. The normalized spacial score (nSPS) is 9.93. The minimum atomic E-state index is 0.420. The van der Waals surface area contributed by atoms with E-state index in [1.807, 2.05) is 24.3 Å². The van der Waals surface area contributed by atoms with Gasteiger partial charge in [0.05, 0.1) is 12.4 Å². The molecule has 0 aliphatic carbocycles. The molecule has 0 spiro atoms. The van der Waals surface area contributed by atoms with Crippen molar-refractivity contribution in [2.75, 3.05) is 11.1 Å². The largest absolute Gasteiger partial charge is 0.382 e. The van der Waals surface area contributed by atoms with Crippen molar-refractivity contribution in [3.05, 3.63) is 40.2 Å². The molecule has 3 N–H and O–H groups in total. The number of halogens is 1. The van der Waals surface area contributed by atoms with Crippen molar-refractivity contribution in [1.82, 2.24) is 9.97 Å². The Hall–Kier alpha value is -1.37. The number of benzene rings is 1. The van der Waals surface area contributed by atoms with Gasteiger partial charge in [-0.15, -0.1) is 0 Å². The van der Waals surface area contributed by atoms with Gasteiger partial charge in [-0.05, 0) is 40.8 Å². The topological polar surface area (TPSA) is 63.8 Å². The first-order valence-corrected chi connectivity index (χ1v) is 5.42. The fraction of sp³-hybridized carbons (Fsp3) is 0. The molecule has 0 amide bonds. The van der Waals surface area contributed by atoms with Gasteiger partial charge in [0, 0.05) is 9.26 Å². The highest BCUT2D eigenvalue weighted by molar-refractivity contribution is 14.1. The molecule has 4 nitrogen and oxygen atoms in total. The summed E-state index contributed by atoms with van der Waals surface area (Å²) in [6.45, 7) is 0. The zero-order valence-electron chi connectivity index (χ0n) is 7.81. The number of anilines is 3. The molecule has 5 heteroatoms. The van der Waals surface area contributed by atoms with E-state index in [9.17, 15) is 0 Å². The van der Waals surface area contributed by atoms with E-state index in [4.69, 9.17) is 5.73 Å². The van der Waals surface area contributed by atoms with Gasteiger partial charge in [0.25, 0.3) is 0 Å². The monoisotopic (exact) mass is 312 g/mol. The number of rotatable bonds is 2. The second-order valence-electron chi connectivity index (χ2n) is 2.96. The Bertz CT molecular complexity index is 455. The molecule has 1 aromatic heterocycles. The zero-order chi connectivity index (χ0) is 10.7. The first-order valence-electron chi connectivity index (χ1n) is 4.34. The molecule has 0 saturated carbocycles. The van der Waals surface area contributed by atoms with Crippen LogP contribution in [0.2, 0.25) is 0 Å². The molecular weight excluding hydrogens is 303 g/mol. The molecule has 1 aromatic carbocycles. The first kappa shape index (κ1) is 10.2. The van der Waals surface area contributed by atoms with Crippen molar-refractivity contribution in [3.63, 3.8) is 0 Å². The fourth-order valence-corrected chi connectivity index (χ4v) is 1.66. The summed E-state index contributed by atoms with van der Waals surface area (Å²) < 4.78 is 1.17. The minimum absolute atomic E-state index is 0.420. The lowest BCUT2D eigenvalue weighted by Gasteiger charge is -2.05. The summed E-state index contributed by atoms with van der Waals surface area (Å²) in [5, 5.41) is 3.14. The highest BCUT2D eigenvalue weighted by Crippen LogP contribution is 2.16. The molecule has 76 valence electrons. The lowest BCUT2D eigenvalue weighted by molar-refractivity contribution is 1.21. The molecule has 2 aromatic rings. The van der Waals surface area contributed by atoms with Crippen molar-refractivity contribution in [2.45, 2.75) is 0 Å². The number of nitrogens with one attached hydrogen (secondary N) is 1. The summed E-state index contributed by atoms with van der Waals surface area (Å²) >= 11 is 2.26. The van der Waals surface area contributed by atoms with Crippen molar-refractivity contribution >= 4 is 39.9 Å². The smallest absolute Gasteiger partial charge is 0.149 e. The van der Waals surface area contributed by atoms with Crippen LogP contribution < -0.4 is 11.1 Å². The predicted molar refractivity (Wildman–Crippen MR) is 68.9 cm³/mol. The van der Waals surface area contributed by atoms with Crippen LogP contribution >= 0.6 is 22.6 Å². The summed E-state index contributed by atoms with van der Waals surface area (Å²) in [6, 6.07) is 8.01. The van der Waals surface area contributed by atoms with Gasteiger partial charge < -0.3 is 11.1 Å². The van der Waals surface area contributed by atoms with E-state index in [1.54, 1.807) is 6.20 Å². The predicted octanol–water partition coefficient (Wildman–Crippen LogP) is 2.41. The molecule has 0 bridgehead atoms. The number of aromatic nitrogens is 2. The summed E-state index contributed by atoms with van der Waals surface area (Å²) in [7, 11) is 0. The van der Waals surface area contributed by atoms with Gasteiger partial charge in [-0.1, -0.05) is 6.07 Å². The van der Waals surface area contributed by atoms with Gasteiger partial charge in [0.2, 0.25) is 0 Å². The van der Waals surface area contributed by atoms with E-state index in [0.717, 1.165) is 5.69 Å². The Labute approximate surface area is 101 Å².